The van der Waals surface area contributed by atoms with Crippen LogP contribution < -0.4 is 10.1 Å². The Labute approximate surface area is 161 Å². The number of benzene rings is 2. The van der Waals surface area contributed by atoms with E-state index in [-0.39, 0.29) is 11.3 Å². The Morgan fingerprint density at radius 1 is 1.22 bits per heavy atom. The Balaban J connectivity index is 1.77. The minimum absolute atomic E-state index is 0.0650. The first-order valence-corrected chi connectivity index (χ1v) is 9.38. The van der Waals surface area contributed by atoms with Gasteiger partial charge in [-0.05, 0) is 48.6 Å². The molecule has 0 atom stereocenters. The molecule has 2 aromatic carbocycles. The molecule has 1 aliphatic rings. The standard InChI is InChI=1S/C23H27NO3/c1-3-7-18-16-19(10-11-21(18)26-2)22(25)24-17-23(12-14-27-15-13-23)20-8-5-4-6-9-20/h3-6,8-11,16H,1,7,12-15,17H2,2H3,(H,24,25). The van der Waals surface area contributed by atoms with Gasteiger partial charge in [0.15, 0.2) is 0 Å². The summed E-state index contributed by atoms with van der Waals surface area (Å²) in [6, 6.07) is 16.0. The van der Waals surface area contributed by atoms with E-state index in [9.17, 15) is 4.79 Å². The van der Waals surface area contributed by atoms with E-state index < -0.39 is 0 Å². The van der Waals surface area contributed by atoms with Gasteiger partial charge in [0.1, 0.15) is 5.75 Å². The van der Waals surface area contributed by atoms with Crippen molar-refractivity contribution in [2.45, 2.75) is 24.7 Å². The molecule has 0 saturated carbocycles. The zero-order valence-electron chi connectivity index (χ0n) is 15.9. The average molecular weight is 365 g/mol. The van der Waals surface area contributed by atoms with E-state index in [1.165, 1.54) is 5.56 Å². The first-order chi connectivity index (χ1) is 13.2. The zero-order valence-corrected chi connectivity index (χ0v) is 15.9. The second-order valence-corrected chi connectivity index (χ2v) is 6.96. The van der Waals surface area contributed by atoms with E-state index in [4.69, 9.17) is 9.47 Å². The van der Waals surface area contributed by atoms with Crippen LogP contribution in [-0.2, 0) is 16.6 Å². The number of ether oxygens (including phenoxy) is 2. The average Bonchev–Trinajstić information content (AvgIpc) is 2.73. The lowest BCUT2D eigenvalue weighted by Gasteiger charge is -2.38. The molecule has 1 aliphatic heterocycles. The van der Waals surface area contributed by atoms with Crippen molar-refractivity contribution in [1.82, 2.24) is 5.32 Å². The summed E-state index contributed by atoms with van der Waals surface area (Å²) in [5.74, 6) is 0.710. The lowest BCUT2D eigenvalue weighted by molar-refractivity contribution is 0.0487. The van der Waals surface area contributed by atoms with Crippen LogP contribution in [0.1, 0.15) is 34.3 Å². The molecule has 0 radical (unpaired) electrons. The third-order valence-electron chi connectivity index (χ3n) is 5.33. The highest BCUT2D eigenvalue weighted by Gasteiger charge is 2.34. The second-order valence-electron chi connectivity index (χ2n) is 6.96. The van der Waals surface area contributed by atoms with Crippen molar-refractivity contribution in [3.63, 3.8) is 0 Å². The molecule has 0 aromatic heterocycles. The summed E-state index contributed by atoms with van der Waals surface area (Å²) in [7, 11) is 1.64. The highest BCUT2D eigenvalue weighted by atomic mass is 16.5. The van der Waals surface area contributed by atoms with Crippen molar-refractivity contribution in [1.29, 1.82) is 0 Å². The van der Waals surface area contributed by atoms with Crippen LogP contribution in [-0.4, -0.2) is 32.8 Å². The third-order valence-corrected chi connectivity index (χ3v) is 5.33. The minimum Gasteiger partial charge on any atom is -0.496 e. The molecule has 4 heteroatoms. The molecule has 0 unspecified atom stereocenters. The summed E-state index contributed by atoms with van der Waals surface area (Å²) in [5, 5.41) is 3.15. The van der Waals surface area contributed by atoms with Gasteiger partial charge >= 0.3 is 0 Å². The smallest absolute Gasteiger partial charge is 0.251 e. The monoisotopic (exact) mass is 365 g/mol. The molecule has 0 spiro atoms. The van der Waals surface area contributed by atoms with E-state index in [1.54, 1.807) is 13.2 Å². The summed E-state index contributed by atoms with van der Waals surface area (Å²) >= 11 is 0. The number of carbonyl (C=O) groups excluding carboxylic acids is 1. The fraction of sp³-hybridized carbons (Fsp3) is 0.348. The van der Waals surface area contributed by atoms with Gasteiger partial charge in [-0.1, -0.05) is 36.4 Å². The van der Waals surface area contributed by atoms with Gasteiger partial charge in [-0.25, -0.2) is 0 Å². The van der Waals surface area contributed by atoms with E-state index in [2.05, 4.69) is 36.2 Å². The summed E-state index contributed by atoms with van der Waals surface area (Å²) < 4.78 is 10.9. The Bertz CT molecular complexity index is 779. The molecule has 3 rings (SSSR count). The Hall–Kier alpha value is -2.59. The minimum atomic E-state index is -0.0778. The number of allylic oxidation sites excluding steroid dienone is 1. The fourth-order valence-electron chi connectivity index (χ4n) is 3.71. The maximum Gasteiger partial charge on any atom is 0.251 e. The van der Waals surface area contributed by atoms with Gasteiger partial charge in [-0.2, -0.15) is 0 Å². The van der Waals surface area contributed by atoms with Crippen LogP contribution in [0, 0.1) is 0 Å². The molecule has 2 aromatic rings. The largest absolute Gasteiger partial charge is 0.496 e. The molecule has 0 aliphatic carbocycles. The summed E-state index contributed by atoms with van der Waals surface area (Å²) in [4.78, 5) is 12.8. The molecule has 27 heavy (non-hydrogen) atoms. The molecule has 0 bridgehead atoms. The van der Waals surface area contributed by atoms with Gasteiger partial charge < -0.3 is 14.8 Å². The van der Waals surface area contributed by atoms with Crippen LogP contribution in [0.4, 0.5) is 0 Å². The van der Waals surface area contributed by atoms with Crippen LogP contribution in [0.5, 0.6) is 5.75 Å². The van der Waals surface area contributed by atoms with E-state index in [0.29, 0.717) is 18.5 Å². The normalized spacial score (nSPS) is 15.7. The highest BCUT2D eigenvalue weighted by Crippen LogP contribution is 2.34. The molecule has 1 saturated heterocycles. The predicted molar refractivity (Wildman–Crippen MR) is 107 cm³/mol. The zero-order chi connectivity index (χ0) is 19.1. The molecule has 1 amide bonds. The topological polar surface area (TPSA) is 47.6 Å². The lowest BCUT2D eigenvalue weighted by Crippen LogP contribution is -2.44. The molecule has 1 fully saturated rings. The number of nitrogens with one attached hydrogen (secondary N) is 1. The number of carbonyl (C=O) groups is 1. The predicted octanol–water partition coefficient (Wildman–Crippen LogP) is 3.90. The van der Waals surface area contributed by atoms with Crippen molar-refractivity contribution < 1.29 is 14.3 Å². The van der Waals surface area contributed by atoms with Crippen LogP contribution in [0.3, 0.4) is 0 Å². The van der Waals surface area contributed by atoms with Crippen molar-refractivity contribution in [2.75, 3.05) is 26.9 Å². The number of hydrogen-bond acceptors (Lipinski definition) is 3. The number of rotatable bonds is 7. The lowest BCUT2D eigenvalue weighted by atomic mass is 9.74. The van der Waals surface area contributed by atoms with Crippen LogP contribution in [0.25, 0.3) is 0 Å². The maximum absolute atomic E-state index is 12.8. The van der Waals surface area contributed by atoms with E-state index in [0.717, 1.165) is 37.4 Å². The Kier molecular flexibility index (Phi) is 6.30. The first kappa shape index (κ1) is 19.2. The maximum atomic E-state index is 12.8. The van der Waals surface area contributed by atoms with E-state index >= 15 is 0 Å². The van der Waals surface area contributed by atoms with Gasteiger partial charge in [-0.15, -0.1) is 6.58 Å². The molecular formula is C23H27NO3. The third kappa shape index (κ3) is 4.40. The van der Waals surface area contributed by atoms with Gasteiger partial charge in [-0.3, -0.25) is 4.79 Å². The molecular weight excluding hydrogens is 338 g/mol. The van der Waals surface area contributed by atoms with Gasteiger partial charge in [0.2, 0.25) is 0 Å². The van der Waals surface area contributed by atoms with Crippen molar-refractivity contribution >= 4 is 5.91 Å². The Morgan fingerprint density at radius 3 is 2.63 bits per heavy atom. The van der Waals surface area contributed by atoms with Crippen LogP contribution in [0.15, 0.2) is 61.2 Å². The Morgan fingerprint density at radius 2 is 1.96 bits per heavy atom. The first-order valence-electron chi connectivity index (χ1n) is 9.38. The number of methoxy groups -OCH3 is 1. The second kappa shape index (κ2) is 8.87. The molecule has 1 N–H and O–H groups in total. The van der Waals surface area contributed by atoms with Gasteiger partial charge in [0, 0.05) is 30.7 Å². The van der Waals surface area contributed by atoms with Gasteiger partial charge in [0.05, 0.1) is 7.11 Å². The highest BCUT2D eigenvalue weighted by molar-refractivity contribution is 5.94. The summed E-state index contributed by atoms with van der Waals surface area (Å²) in [5.41, 5.74) is 2.79. The van der Waals surface area contributed by atoms with Crippen molar-refractivity contribution in [3.8, 4) is 5.75 Å². The van der Waals surface area contributed by atoms with Crippen molar-refractivity contribution in [3.05, 3.63) is 77.9 Å². The quantitative estimate of drug-likeness (QED) is 0.757. The van der Waals surface area contributed by atoms with E-state index in [1.807, 2.05) is 24.3 Å². The van der Waals surface area contributed by atoms with Crippen LogP contribution >= 0.6 is 0 Å². The molecule has 1 heterocycles. The number of hydrogen-bond donors (Lipinski definition) is 1. The van der Waals surface area contributed by atoms with Gasteiger partial charge in [0.25, 0.3) is 5.91 Å². The fourth-order valence-corrected chi connectivity index (χ4v) is 3.71. The van der Waals surface area contributed by atoms with Crippen LogP contribution in [0.2, 0.25) is 0 Å². The number of amides is 1. The summed E-state index contributed by atoms with van der Waals surface area (Å²) in [6.45, 7) is 5.82. The molecule has 142 valence electrons. The molecule has 4 nitrogen and oxygen atoms in total. The van der Waals surface area contributed by atoms with Crippen molar-refractivity contribution in [2.24, 2.45) is 0 Å². The SMILES string of the molecule is C=CCc1cc(C(=O)NCC2(c3ccccc3)CCOCC2)ccc1OC. The summed E-state index contributed by atoms with van der Waals surface area (Å²) in [6.07, 6.45) is 4.28.